The zero-order chi connectivity index (χ0) is 16.6. The van der Waals surface area contributed by atoms with Crippen LogP contribution in [0.25, 0.3) is 5.52 Å². The average molecular weight is 311 g/mol. The highest BCUT2D eigenvalue weighted by Gasteiger charge is 2.15. The van der Waals surface area contributed by atoms with E-state index in [1.54, 1.807) is 18.0 Å². The van der Waals surface area contributed by atoms with Crippen molar-refractivity contribution in [3.8, 4) is 5.75 Å². The number of aryl methyl sites for hydroxylation is 1. The van der Waals surface area contributed by atoms with Crippen molar-refractivity contribution in [2.45, 2.75) is 33.2 Å². The summed E-state index contributed by atoms with van der Waals surface area (Å²) in [6.45, 7) is 6.58. The lowest BCUT2D eigenvalue weighted by Crippen LogP contribution is -2.25. The SMILES string of the molecule is COc1ccc(Cn2c(C)cn3cnc(C(C)C)c3c2=O)cc1. The molecular formula is C18H21N3O2. The van der Waals surface area contributed by atoms with E-state index in [-0.39, 0.29) is 11.5 Å². The van der Waals surface area contributed by atoms with Gasteiger partial charge in [0.15, 0.2) is 0 Å². The van der Waals surface area contributed by atoms with Crippen LogP contribution in [0.4, 0.5) is 0 Å². The molecule has 0 bridgehead atoms. The van der Waals surface area contributed by atoms with Gasteiger partial charge in [0.1, 0.15) is 11.3 Å². The van der Waals surface area contributed by atoms with Gasteiger partial charge in [-0.15, -0.1) is 0 Å². The van der Waals surface area contributed by atoms with Gasteiger partial charge in [-0.2, -0.15) is 0 Å². The van der Waals surface area contributed by atoms with E-state index < -0.39 is 0 Å². The summed E-state index contributed by atoms with van der Waals surface area (Å²) < 4.78 is 8.80. The van der Waals surface area contributed by atoms with E-state index in [1.807, 2.05) is 41.8 Å². The lowest BCUT2D eigenvalue weighted by Gasteiger charge is -2.12. The van der Waals surface area contributed by atoms with Crippen molar-refractivity contribution in [2.75, 3.05) is 7.11 Å². The quantitative estimate of drug-likeness (QED) is 0.744. The van der Waals surface area contributed by atoms with E-state index >= 15 is 0 Å². The van der Waals surface area contributed by atoms with Gasteiger partial charge in [-0.05, 0) is 30.5 Å². The van der Waals surface area contributed by atoms with Crippen molar-refractivity contribution in [1.82, 2.24) is 14.0 Å². The van der Waals surface area contributed by atoms with Crippen LogP contribution in [-0.4, -0.2) is 21.1 Å². The molecule has 0 amide bonds. The summed E-state index contributed by atoms with van der Waals surface area (Å²) >= 11 is 0. The van der Waals surface area contributed by atoms with E-state index in [9.17, 15) is 4.79 Å². The van der Waals surface area contributed by atoms with Crippen molar-refractivity contribution in [1.29, 1.82) is 0 Å². The van der Waals surface area contributed by atoms with Crippen LogP contribution in [0.15, 0.2) is 41.6 Å². The minimum atomic E-state index is 0.00187. The molecule has 120 valence electrons. The monoisotopic (exact) mass is 311 g/mol. The summed E-state index contributed by atoms with van der Waals surface area (Å²) in [5.41, 5.74) is 3.48. The topological polar surface area (TPSA) is 48.5 Å². The van der Waals surface area contributed by atoms with Crippen molar-refractivity contribution in [2.24, 2.45) is 0 Å². The molecule has 0 fully saturated rings. The number of rotatable bonds is 4. The van der Waals surface area contributed by atoms with E-state index in [0.717, 1.165) is 22.7 Å². The fourth-order valence-corrected chi connectivity index (χ4v) is 2.78. The first kappa shape index (κ1) is 15.3. The lowest BCUT2D eigenvalue weighted by molar-refractivity contribution is 0.414. The number of hydrogen-bond acceptors (Lipinski definition) is 3. The first-order chi connectivity index (χ1) is 11.0. The average Bonchev–Trinajstić information content (AvgIpc) is 2.96. The van der Waals surface area contributed by atoms with Crippen molar-refractivity contribution >= 4 is 5.52 Å². The standard InChI is InChI=1S/C18H21N3O2/c1-12(2)16-17-18(22)21(13(3)9-20(17)11-19-16)10-14-5-7-15(23-4)8-6-14/h5-9,11-12H,10H2,1-4H3. The van der Waals surface area contributed by atoms with Crippen LogP contribution < -0.4 is 10.3 Å². The van der Waals surface area contributed by atoms with E-state index in [0.29, 0.717) is 12.1 Å². The molecule has 2 aromatic heterocycles. The van der Waals surface area contributed by atoms with Gasteiger partial charge >= 0.3 is 0 Å². The van der Waals surface area contributed by atoms with Crippen LogP contribution in [0.5, 0.6) is 5.75 Å². The largest absolute Gasteiger partial charge is 0.497 e. The van der Waals surface area contributed by atoms with Gasteiger partial charge in [-0.25, -0.2) is 4.98 Å². The van der Waals surface area contributed by atoms with Gasteiger partial charge in [-0.1, -0.05) is 26.0 Å². The molecule has 0 aliphatic rings. The maximum absolute atomic E-state index is 12.9. The van der Waals surface area contributed by atoms with Crippen LogP contribution >= 0.6 is 0 Å². The summed E-state index contributed by atoms with van der Waals surface area (Å²) in [6.07, 6.45) is 3.68. The third-order valence-corrected chi connectivity index (χ3v) is 4.07. The van der Waals surface area contributed by atoms with Crippen LogP contribution in [0.3, 0.4) is 0 Å². The summed E-state index contributed by atoms with van der Waals surface area (Å²) in [5.74, 6) is 1.02. The number of benzene rings is 1. The van der Waals surface area contributed by atoms with E-state index in [1.165, 1.54) is 0 Å². The number of aromatic nitrogens is 3. The molecule has 23 heavy (non-hydrogen) atoms. The van der Waals surface area contributed by atoms with Crippen LogP contribution in [0.1, 0.15) is 36.7 Å². The number of nitrogens with zero attached hydrogens (tertiary/aromatic N) is 3. The molecular weight excluding hydrogens is 290 g/mol. The molecule has 3 rings (SSSR count). The van der Waals surface area contributed by atoms with E-state index in [2.05, 4.69) is 18.8 Å². The van der Waals surface area contributed by atoms with Gasteiger partial charge in [0.05, 0.1) is 25.7 Å². The summed E-state index contributed by atoms with van der Waals surface area (Å²) in [4.78, 5) is 17.3. The zero-order valence-electron chi connectivity index (χ0n) is 13.9. The fraction of sp³-hybridized carbons (Fsp3) is 0.333. The first-order valence-electron chi connectivity index (χ1n) is 7.71. The first-order valence-corrected chi connectivity index (χ1v) is 7.71. The van der Waals surface area contributed by atoms with Crippen LogP contribution in [0, 0.1) is 6.92 Å². The smallest absolute Gasteiger partial charge is 0.277 e. The van der Waals surface area contributed by atoms with Crippen molar-refractivity contribution in [3.05, 3.63) is 64.1 Å². The molecule has 5 heteroatoms. The number of hydrogen-bond donors (Lipinski definition) is 0. The molecule has 0 aliphatic carbocycles. The van der Waals surface area contributed by atoms with Crippen molar-refractivity contribution in [3.63, 3.8) is 0 Å². The Morgan fingerprint density at radius 3 is 2.52 bits per heavy atom. The number of methoxy groups -OCH3 is 1. The van der Waals surface area contributed by atoms with Gasteiger partial charge in [-0.3, -0.25) is 9.20 Å². The fourth-order valence-electron chi connectivity index (χ4n) is 2.78. The Labute approximate surface area is 135 Å². The summed E-state index contributed by atoms with van der Waals surface area (Å²) in [6, 6.07) is 7.78. The van der Waals surface area contributed by atoms with Gasteiger partial charge in [0.25, 0.3) is 5.56 Å². The van der Waals surface area contributed by atoms with Crippen LogP contribution in [-0.2, 0) is 6.54 Å². The molecule has 0 saturated carbocycles. The molecule has 3 aromatic rings. The van der Waals surface area contributed by atoms with E-state index in [4.69, 9.17) is 4.74 Å². The highest BCUT2D eigenvalue weighted by atomic mass is 16.5. The predicted molar refractivity (Wildman–Crippen MR) is 90.4 cm³/mol. The number of ether oxygens (including phenoxy) is 1. The number of fused-ring (bicyclic) bond motifs is 1. The third-order valence-electron chi connectivity index (χ3n) is 4.07. The van der Waals surface area contributed by atoms with Gasteiger partial charge < -0.3 is 9.30 Å². The third kappa shape index (κ3) is 2.74. The minimum absolute atomic E-state index is 0.00187. The molecule has 2 heterocycles. The second kappa shape index (κ2) is 5.91. The Bertz CT molecular complexity index is 889. The molecule has 0 saturated heterocycles. The molecule has 0 aliphatic heterocycles. The molecule has 0 unspecified atom stereocenters. The molecule has 0 N–H and O–H groups in total. The molecule has 0 spiro atoms. The maximum Gasteiger partial charge on any atom is 0.277 e. The Kier molecular flexibility index (Phi) is 3.94. The zero-order valence-corrected chi connectivity index (χ0v) is 13.9. The minimum Gasteiger partial charge on any atom is -0.497 e. The Hall–Kier alpha value is -2.56. The number of imidazole rings is 1. The predicted octanol–water partition coefficient (Wildman–Crippen LogP) is 2.98. The second-order valence-electron chi connectivity index (χ2n) is 6.05. The molecule has 5 nitrogen and oxygen atoms in total. The Morgan fingerprint density at radius 2 is 1.91 bits per heavy atom. The highest BCUT2D eigenvalue weighted by molar-refractivity contribution is 5.52. The van der Waals surface area contributed by atoms with Gasteiger partial charge in [0.2, 0.25) is 0 Å². The Morgan fingerprint density at radius 1 is 1.22 bits per heavy atom. The second-order valence-corrected chi connectivity index (χ2v) is 6.05. The maximum atomic E-state index is 12.9. The highest BCUT2D eigenvalue weighted by Crippen LogP contribution is 2.17. The summed E-state index contributed by atoms with van der Waals surface area (Å²) in [5, 5.41) is 0. The molecule has 0 atom stereocenters. The molecule has 0 radical (unpaired) electrons. The normalized spacial score (nSPS) is 11.3. The van der Waals surface area contributed by atoms with Gasteiger partial charge in [0, 0.05) is 11.9 Å². The van der Waals surface area contributed by atoms with Crippen LogP contribution in [0.2, 0.25) is 0 Å². The molecule has 1 aromatic carbocycles. The summed E-state index contributed by atoms with van der Waals surface area (Å²) in [7, 11) is 1.64. The Balaban J connectivity index is 2.09. The lowest BCUT2D eigenvalue weighted by atomic mass is 10.1. The van der Waals surface area contributed by atoms with Crippen molar-refractivity contribution < 1.29 is 4.74 Å².